The summed E-state index contributed by atoms with van der Waals surface area (Å²) in [7, 11) is 0. The molecule has 2 fully saturated rings. The lowest BCUT2D eigenvalue weighted by molar-refractivity contribution is -0.139. The molecule has 0 bridgehead atoms. The molecule has 40 heavy (non-hydrogen) atoms. The molecule has 214 valence electrons. The van der Waals surface area contributed by atoms with Crippen molar-refractivity contribution in [2.45, 2.75) is 69.2 Å². The van der Waals surface area contributed by atoms with Crippen LogP contribution < -0.4 is 21.3 Å². The van der Waals surface area contributed by atoms with E-state index in [1.165, 1.54) is 30.3 Å². The highest BCUT2D eigenvalue weighted by molar-refractivity contribution is 6.31. The van der Waals surface area contributed by atoms with Crippen molar-refractivity contribution < 1.29 is 33.1 Å². The van der Waals surface area contributed by atoms with Crippen LogP contribution in [0.15, 0.2) is 48.5 Å². The van der Waals surface area contributed by atoms with Gasteiger partial charge in [-0.05, 0) is 56.4 Å². The van der Waals surface area contributed by atoms with Crippen molar-refractivity contribution in [3.8, 4) is 0 Å². The minimum Gasteiger partial charge on any atom is -0.381 e. The molecule has 1 heterocycles. The van der Waals surface area contributed by atoms with Crippen LogP contribution in [0.25, 0.3) is 0 Å². The molecule has 2 aromatic rings. The third kappa shape index (κ3) is 7.54. The second kappa shape index (κ2) is 12.3. The zero-order valence-electron chi connectivity index (χ0n) is 21.8. The number of aliphatic hydroxyl groups excluding tert-OH is 1. The molecule has 9 nitrogen and oxygen atoms in total. The van der Waals surface area contributed by atoms with E-state index in [2.05, 4.69) is 21.3 Å². The van der Waals surface area contributed by atoms with E-state index in [1.54, 1.807) is 18.2 Å². The Morgan fingerprint density at radius 2 is 1.85 bits per heavy atom. The molecule has 1 aliphatic heterocycles. The first kappa shape index (κ1) is 29.4. The van der Waals surface area contributed by atoms with E-state index >= 15 is 0 Å². The van der Waals surface area contributed by atoms with Gasteiger partial charge in [0.25, 0.3) is 17.7 Å². The van der Waals surface area contributed by atoms with Gasteiger partial charge in [0.2, 0.25) is 5.91 Å². The Bertz CT molecular complexity index is 1270. The first-order valence-corrected chi connectivity index (χ1v) is 13.4. The number of nitrogens with one attached hydrogen (secondary N) is 4. The van der Waals surface area contributed by atoms with Gasteiger partial charge >= 0.3 is 5.92 Å². The molecule has 2 unspecified atom stereocenters. The van der Waals surface area contributed by atoms with Crippen LogP contribution in [-0.4, -0.2) is 58.9 Å². The van der Waals surface area contributed by atoms with E-state index in [0.29, 0.717) is 6.42 Å². The summed E-state index contributed by atoms with van der Waals surface area (Å²) in [4.78, 5) is 50.9. The number of hydrogen-bond donors (Lipinski definition) is 5. The van der Waals surface area contributed by atoms with Gasteiger partial charge in [-0.15, -0.1) is 0 Å². The molecule has 2 aromatic carbocycles. The summed E-state index contributed by atoms with van der Waals surface area (Å²) in [6, 6.07) is 10.1. The fourth-order valence-corrected chi connectivity index (χ4v) is 4.80. The molecule has 4 amide bonds. The Balaban J connectivity index is 1.53. The molecule has 0 aromatic heterocycles. The zero-order chi connectivity index (χ0) is 29.0. The molecule has 0 radical (unpaired) electrons. The molecule has 0 spiro atoms. The maximum atomic E-state index is 14.8. The number of anilines is 1. The van der Waals surface area contributed by atoms with Gasteiger partial charge in [0.1, 0.15) is 0 Å². The van der Waals surface area contributed by atoms with Crippen LogP contribution >= 0.6 is 11.6 Å². The minimum atomic E-state index is -3.79. The number of alkyl halides is 2. The Morgan fingerprint density at radius 1 is 1.15 bits per heavy atom. The Labute approximate surface area is 235 Å². The number of halogens is 3. The van der Waals surface area contributed by atoms with Crippen molar-refractivity contribution in [3.63, 3.8) is 0 Å². The average Bonchev–Trinajstić information content (AvgIpc) is 3.66. The Kier molecular flexibility index (Phi) is 9.05. The lowest BCUT2D eigenvalue weighted by Gasteiger charge is -2.26. The molecule has 1 saturated carbocycles. The first-order valence-electron chi connectivity index (χ1n) is 13.1. The summed E-state index contributed by atoms with van der Waals surface area (Å²) in [6.45, 7) is 1.82. The molecule has 5 N–H and O–H groups in total. The summed E-state index contributed by atoms with van der Waals surface area (Å²) in [5.41, 5.74) is -0.230. The van der Waals surface area contributed by atoms with Crippen molar-refractivity contribution >= 4 is 40.9 Å². The third-order valence-electron chi connectivity index (χ3n) is 6.90. The van der Waals surface area contributed by atoms with Crippen LogP contribution in [0.5, 0.6) is 0 Å². The van der Waals surface area contributed by atoms with E-state index in [4.69, 9.17) is 11.6 Å². The Morgan fingerprint density at radius 3 is 2.48 bits per heavy atom. The zero-order valence-corrected chi connectivity index (χ0v) is 22.5. The number of amides is 4. The minimum absolute atomic E-state index is 0.0431. The predicted molar refractivity (Wildman–Crippen MR) is 144 cm³/mol. The second-order valence-corrected chi connectivity index (χ2v) is 10.8. The summed E-state index contributed by atoms with van der Waals surface area (Å²) >= 11 is 6.07. The predicted octanol–water partition coefficient (Wildman–Crippen LogP) is 2.81. The highest BCUT2D eigenvalue weighted by atomic mass is 35.5. The van der Waals surface area contributed by atoms with Gasteiger partial charge in [-0.1, -0.05) is 41.9 Å². The lowest BCUT2D eigenvalue weighted by atomic mass is 9.93. The van der Waals surface area contributed by atoms with Crippen LogP contribution in [0.2, 0.25) is 5.02 Å². The Hall–Kier alpha value is -3.57. The maximum Gasteiger partial charge on any atom is 0.328 e. The second-order valence-electron chi connectivity index (χ2n) is 10.4. The van der Waals surface area contributed by atoms with Crippen LogP contribution in [0, 0.1) is 5.92 Å². The van der Waals surface area contributed by atoms with Gasteiger partial charge in [0.15, 0.2) is 6.10 Å². The SMILES string of the molecule is C[C@@H]1CC(C[C@H](NC(=O)c2cc(Cl)ccc2NC(=O)C(F)(F)Cc2ccccc2)C(O)C(=O)NC2CC2)C(=O)N1. The van der Waals surface area contributed by atoms with E-state index in [9.17, 15) is 33.1 Å². The van der Waals surface area contributed by atoms with E-state index in [0.717, 1.165) is 12.8 Å². The lowest BCUT2D eigenvalue weighted by Crippen LogP contribution is -2.52. The molecular weight excluding hydrogens is 546 g/mol. The number of rotatable bonds is 11. The van der Waals surface area contributed by atoms with Crippen molar-refractivity contribution in [1.82, 2.24) is 16.0 Å². The van der Waals surface area contributed by atoms with Gasteiger partial charge in [0, 0.05) is 29.4 Å². The summed E-state index contributed by atoms with van der Waals surface area (Å²) < 4.78 is 29.5. The number of benzene rings is 2. The van der Waals surface area contributed by atoms with Crippen LogP contribution in [0.3, 0.4) is 0 Å². The van der Waals surface area contributed by atoms with Crippen molar-refractivity contribution in [2.24, 2.45) is 5.92 Å². The third-order valence-corrected chi connectivity index (χ3v) is 7.14. The standard InChI is InChI=1S/C28H31ClF2N4O5/c1-15-11-17(24(37)32-15)12-22(23(36)26(39)33-19-8-9-19)34-25(38)20-13-18(29)7-10-21(20)35-27(40)28(30,31)14-16-5-3-2-4-6-16/h2-7,10,13,15,17,19,22-23,36H,8-9,11-12,14H2,1H3,(H,32,37)(H,33,39)(H,34,38)(H,35,40)/t15-,17?,22+,23?/m1/s1. The topological polar surface area (TPSA) is 137 Å². The highest BCUT2D eigenvalue weighted by Crippen LogP contribution is 2.27. The maximum absolute atomic E-state index is 14.8. The molecule has 4 rings (SSSR count). The number of hydrogen-bond acceptors (Lipinski definition) is 5. The van der Waals surface area contributed by atoms with Crippen molar-refractivity contribution in [1.29, 1.82) is 0 Å². The van der Waals surface area contributed by atoms with Crippen LogP contribution in [0.4, 0.5) is 14.5 Å². The smallest absolute Gasteiger partial charge is 0.328 e. The molecule has 1 aliphatic carbocycles. The van der Waals surface area contributed by atoms with Gasteiger partial charge < -0.3 is 26.4 Å². The number of carbonyl (C=O) groups is 4. The quantitative estimate of drug-likeness (QED) is 0.280. The van der Waals surface area contributed by atoms with E-state index < -0.39 is 48.1 Å². The molecule has 12 heteroatoms. The molecule has 4 atom stereocenters. The number of carbonyl (C=O) groups excluding carboxylic acids is 4. The average molecular weight is 577 g/mol. The normalized spacial score (nSPS) is 20.3. The largest absolute Gasteiger partial charge is 0.381 e. The number of aliphatic hydroxyl groups is 1. The van der Waals surface area contributed by atoms with Gasteiger partial charge in [-0.3, -0.25) is 19.2 Å². The van der Waals surface area contributed by atoms with Crippen LogP contribution in [0.1, 0.15) is 48.5 Å². The van der Waals surface area contributed by atoms with Gasteiger partial charge in [0.05, 0.1) is 17.3 Å². The van der Waals surface area contributed by atoms with Gasteiger partial charge in [-0.25, -0.2) is 0 Å². The first-order chi connectivity index (χ1) is 18.9. The van der Waals surface area contributed by atoms with Gasteiger partial charge in [-0.2, -0.15) is 8.78 Å². The van der Waals surface area contributed by atoms with E-state index in [-0.39, 0.29) is 46.2 Å². The summed E-state index contributed by atoms with van der Waals surface area (Å²) in [5, 5.41) is 21.0. The summed E-state index contributed by atoms with van der Waals surface area (Å²) in [5.74, 6) is -7.82. The van der Waals surface area contributed by atoms with Crippen molar-refractivity contribution in [3.05, 3.63) is 64.7 Å². The molecule has 1 saturated heterocycles. The van der Waals surface area contributed by atoms with Crippen LogP contribution in [-0.2, 0) is 20.8 Å². The highest BCUT2D eigenvalue weighted by Gasteiger charge is 2.40. The van der Waals surface area contributed by atoms with E-state index in [1.807, 2.05) is 6.92 Å². The summed E-state index contributed by atoms with van der Waals surface area (Å²) in [6.07, 6.45) is -0.575. The molecular formula is C28H31ClF2N4O5. The fraction of sp³-hybridized carbons (Fsp3) is 0.429. The fourth-order valence-electron chi connectivity index (χ4n) is 4.63. The molecule has 2 aliphatic rings. The monoisotopic (exact) mass is 576 g/mol. The van der Waals surface area contributed by atoms with Crippen molar-refractivity contribution in [2.75, 3.05) is 5.32 Å².